The summed E-state index contributed by atoms with van der Waals surface area (Å²) in [6, 6.07) is 18.5. The van der Waals surface area contributed by atoms with Crippen molar-refractivity contribution in [2.75, 3.05) is 25.3 Å². The Kier molecular flexibility index (Phi) is 4.56. The average Bonchev–Trinajstić information content (AvgIpc) is 2.57. The molecule has 0 aliphatic carbocycles. The summed E-state index contributed by atoms with van der Waals surface area (Å²) in [4.78, 5) is 3.52. The van der Waals surface area contributed by atoms with Crippen molar-refractivity contribution in [2.24, 2.45) is 0 Å². The lowest BCUT2D eigenvalue weighted by Gasteiger charge is -2.35. The number of nitrogens with zero attached hydrogens (tertiary/aromatic N) is 1. The van der Waals surface area contributed by atoms with Gasteiger partial charge in [-0.05, 0) is 24.4 Å². The van der Waals surface area contributed by atoms with Crippen LogP contribution in [0.25, 0.3) is 0 Å². The Labute approximate surface area is 136 Å². The Morgan fingerprint density at radius 3 is 2.64 bits per heavy atom. The van der Waals surface area contributed by atoms with Crippen molar-refractivity contribution in [1.29, 1.82) is 0 Å². The number of quaternary nitrogens is 1. The van der Waals surface area contributed by atoms with Gasteiger partial charge in [-0.2, -0.15) is 0 Å². The zero-order chi connectivity index (χ0) is 15.4. The van der Waals surface area contributed by atoms with Crippen LogP contribution in [0, 0.1) is 0 Å². The van der Waals surface area contributed by atoms with E-state index in [1.54, 1.807) is 7.11 Å². The fourth-order valence-electron chi connectivity index (χ4n) is 2.70. The second kappa shape index (κ2) is 6.77. The Morgan fingerprint density at radius 1 is 1.14 bits per heavy atom. The van der Waals surface area contributed by atoms with Gasteiger partial charge in [0.25, 0.3) is 0 Å². The van der Waals surface area contributed by atoms with Crippen LogP contribution in [0.5, 0.6) is 5.75 Å². The number of hydrogen-bond donors (Lipinski definition) is 2. The van der Waals surface area contributed by atoms with Crippen LogP contribution in [-0.2, 0) is 6.54 Å². The smallest absolute Gasteiger partial charge is 0.182 e. The maximum Gasteiger partial charge on any atom is 0.182 e. The second-order valence-electron chi connectivity index (χ2n) is 5.33. The molecule has 3 rings (SSSR count). The molecule has 0 aromatic heterocycles. The van der Waals surface area contributed by atoms with E-state index in [2.05, 4.69) is 34.5 Å². The van der Waals surface area contributed by atoms with Crippen molar-refractivity contribution in [3.8, 4) is 5.75 Å². The van der Waals surface area contributed by atoms with E-state index in [1.165, 1.54) is 10.5 Å². The molecule has 0 amide bonds. The molecule has 5 heteroatoms. The lowest BCUT2D eigenvalue weighted by Crippen LogP contribution is -3.16. The van der Waals surface area contributed by atoms with E-state index in [-0.39, 0.29) is 0 Å². The first-order valence-electron chi connectivity index (χ1n) is 7.34. The maximum absolute atomic E-state index is 5.48. The number of thiocarbonyl (C=S) groups is 1. The Hall–Kier alpha value is -2.11. The van der Waals surface area contributed by atoms with E-state index in [0.29, 0.717) is 0 Å². The van der Waals surface area contributed by atoms with Gasteiger partial charge >= 0.3 is 0 Å². The van der Waals surface area contributed by atoms with Gasteiger partial charge in [0, 0.05) is 5.56 Å². The van der Waals surface area contributed by atoms with Crippen LogP contribution in [0.4, 0.5) is 5.69 Å². The van der Waals surface area contributed by atoms with Gasteiger partial charge in [0.2, 0.25) is 0 Å². The highest BCUT2D eigenvalue weighted by atomic mass is 32.1. The van der Waals surface area contributed by atoms with Crippen molar-refractivity contribution in [3.63, 3.8) is 0 Å². The highest BCUT2D eigenvalue weighted by Gasteiger charge is 2.26. The third kappa shape index (κ3) is 3.21. The van der Waals surface area contributed by atoms with Gasteiger partial charge in [-0.25, -0.2) is 0 Å². The second-order valence-corrected chi connectivity index (χ2v) is 5.72. The predicted octanol–water partition coefficient (Wildman–Crippen LogP) is 1.39. The van der Waals surface area contributed by atoms with E-state index in [0.717, 1.165) is 36.4 Å². The third-order valence-corrected chi connectivity index (χ3v) is 4.15. The van der Waals surface area contributed by atoms with Gasteiger partial charge in [0.1, 0.15) is 12.3 Å². The normalized spacial score (nSPS) is 18.0. The largest absolute Gasteiger partial charge is 0.495 e. The highest BCUT2D eigenvalue weighted by Crippen LogP contribution is 2.27. The zero-order valence-electron chi connectivity index (χ0n) is 12.6. The van der Waals surface area contributed by atoms with Gasteiger partial charge in [0.05, 0.1) is 12.8 Å². The number of benzene rings is 2. The molecular weight excluding hydrogens is 294 g/mol. The summed E-state index contributed by atoms with van der Waals surface area (Å²) in [5.74, 6) is 0.840. The fraction of sp³-hybridized carbons (Fsp3) is 0.235. The van der Waals surface area contributed by atoms with Crippen LogP contribution in [0.2, 0.25) is 0 Å². The van der Waals surface area contributed by atoms with Crippen molar-refractivity contribution < 1.29 is 9.64 Å². The summed E-state index contributed by atoms with van der Waals surface area (Å²) in [6.45, 7) is 2.61. The molecule has 2 aromatic rings. The van der Waals surface area contributed by atoms with Gasteiger partial charge < -0.3 is 10.1 Å². The van der Waals surface area contributed by atoms with Crippen molar-refractivity contribution in [3.05, 3.63) is 60.2 Å². The van der Waals surface area contributed by atoms with Crippen LogP contribution in [-0.4, -0.2) is 25.6 Å². The number of nitrogens with one attached hydrogen (secondary N) is 2. The third-order valence-electron chi connectivity index (χ3n) is 3.79. The van der Waals surface area contributed by atoms with Crippen LogP contribution >= 0.6 is 12.2 Å². The van der Waals surface area contributed by atoms with Gasteiger partial charge in [-0.3, -0.25) is 9.80 Å². The lowest BCUT2D eigenvalue weighted by molar-refractivity contribution is -0.916. The standard InChI is InChI=1S/C17H19N3OS/c1-21-16-10-6-5-9-15(16)20-13-19(12-18-17(20)22)11-14-7-3-2-4-8-14/h2-10H,11-13H2,1H3,(H,18,22)/p+1. The molecule has 0 saturated carbocycles. The van der Waals surface area contributed by atoms with Crippen LogP contribution in [0.3, 0.4) is 0 Å². The summed E-state index contributed by atoms with van der Waals surface area (Å²) in [5.41, 5.74) is 2.33. The Bertz CT molecular complexity index is 647. The van der Waals surface area contributed by atoms with Gasteiger partial charge in [-0.15, -0.1) is 0 Å². The first-order valence-corrected chi connectivity index (χ1v) is 7.74. The molecule has 0 radical (unpaired) electrons. The molecule has 0 bridgehead atoms. The molecular formula is C17H20N3OS+. The molecule has 0 spiro atoms. The molecule has 2 aromatic carbocycles. The van der Waals surface area contributed by atoms with E-state index >= 15 is 0 Å². The lowest BCUT2D eigenvalue weighted by atomic mass is 10.2. The van der Waals surface area contributed by atoms with E-state index < -0.39 is 0 Å². The van der Waals surface area contributed by atoms with Crippen molar-refractivity contribution >= 4 is 23.0 Å². The summed E-state index contributed by atoms with van der Waals surface area (Å²) in [5, 5.41) is 4.07. The fourth-order valence-corrected chi connectivity index (χ4v) is 2.93. The zero-order valence-corrected chi connectivity index (χ0v) is 13.4. The molecule has 1 atom stereocenters. The summed E-state index contributed by atoms with van der Waals surface area (Å²) >= 11 is 5.48. The Balaban J connectivity index is 1.78. The summed E-state index contributed by atoms with van der Waals surface area (Å²) in [7, 11) is 1.69. The summed E-state index contributed by atoms with van der Waals surface area (Å²) in [6.07, 6.45) is 0. The molecule has 1 aliphatic rings. The van der Waals surface area contributed by atoms with Crippen molar-refractivity contribution in [1.82, 2.24) is 5.32 Å². The first kappa shape index (κ1) is 14.8. The van der Waals surface area contributed by atoms with Gasteiger partial charge in [0.15, 0.2) is 18.4 Å². The molecule has 1 saturated heterocycles. The number of ether oxygens (including phenoxy) is 1. The molecule has 1 heterocycles. The summed E-state index contributed by atoms with van der Waals surface area (Å²) < 4.78 is 5.46. The average molecular weight is 314 g/mol. The molecule has 114 valence electrons. The number of hydrogen-bond acceptors (Lipinski definition) is 2. The minimum atomic E-state index is 0.751. The molecule has 4 nitrogen and oxygen atoms in total. The SMILES string of the molecule is COc1ccccc1N1C[NH+](Cc2ccccc2)CNC1=S. The van der Waals surface area contributed by atoms with E-state index in [9.17, 15) is 0 Å². The van der Waals surface area contributed by atoms with E-state index in [1.807, 2.05) is 30.3 Å². The van der Waals surface area contributed by atoms with Gasteiger partial charge in [-0.1, -0.05) is 42.5 Å². The van der Waals surface area contributed by atoms with Crippen LogP contribution in [0.15, 0.2) is 54.6 Å². The molecule has 1 unspecified atom stereocenters. The molecule has 1 fully saturated rings. The number of para-hydroxylation sites is 2. The van der Waals surface area contributed by atoms with Crippen LogP contribution in [0.1, 0.15) is 5.56 Å². The first-order chi connectivity index (χ1) is 10.8. The minimum Gasteiger partial charge on any atom is -0.495 e. The molecule has 22 heavy (non-hydrogen) atoms. The number of anilines is 1. The predicted molar refractivity (Wildman–Crippen MR) is 92.0 cm³/mol. The maximum atomic E-state index is 5.48. The minimum absolute atomic E-state index is 0.751. The molecule has 1 aliphatic heterocycles. The van der Waals surface area contributed by atoms with Crippen molar-refractivity contribution in [2.45, 2.75) is 6.54 Å². The topological polar surface area (TPSA) is 28.9 Å². The Morgan fingerprint density at radius 2 is 1.86 bits per heavy atom. The monoisotopic (exact) mass is 314 g/mol. The highest BCUT2D eigenvalue weighted by molar-refractivity contribution is 7.80. The number of rotatable bonds is 4. The quantitative estimate of drug-likeness (QED) is 0.835. The van der Waals surface area contributed by atoms with Crippen LogP contribution < -0.4 is 19.9 Å². The van der Waals surface area contributed by atoms with E-state index in [4.69, 9.17) is 17.0 Å². The molecule has 2 N–H and O–H groups in total. The number of methoxy groups -OCH3 is 1.